The molecule has 1 atom stereocenters. The van der Waals surface area contributed by atoms with Crippen LogP contribution in [0.5, 0.6) is 23.0 Å². The van der Waals surface area contributed by atoms with Crippen LogP contribution in [0.25, 0.3) is 0 Å². The zero-order valence-corrected chi connectivity index (χ0v) is 12.0. The second kappa shape index (κ2) is 6.27. The first-order valence-electron chi connectivity index (χ1n) is 6.87. The second-order valence-electron chi connectivity index (χ2n) is 4.84. The number of nitrogens with zero attached hydrogens (tertiary/aromatic N) is 1. The van der Waals surface area contributed by atoms with Gasteiger partial charge in [0.1, 0.15) is 18.1 Å². The molecule has 1 amide bonds. The molecule has 1 aliphatic heterocycles. The first-order chi connectivity index (χ1) is 11.1. The highest BCUT2D eigenvalue weighted by molar-refractivity contribution is 5.87. The Balaban J connectivity index is 1.62. The fraction of sp³-hybridized carbons (Fsp3) is 0.125. The number of aromatic hydroxyl groups is 2. The predicted octanol–water partition coefficient (Wildman–Crippen LogP) is 1.39. The SMILES string of the molecule is O=C(NN=Cc1cc(O)ccc1O)[C@H]1COc2ccccc2O1. The molecular weight excluding hydrogens is 300 g/mol. The maximum atomic E-state index is 12.0. The molecule has 0 bridgehead atoms. The number of carbonyl (C=O) groups is 1. The summed E-state index contributed by atoms with van der Waals surface area (Å²) in [5.41, 5.74) is 2.59. The molecule has 3 N–H and O–H groups in total. The van der Waals surface area contributed by atoms with Crippen molar-refractivity contribution >= 4 is 12.1 Å². The number of nitrogens with one attached hydrogen (secondary N) is 1. The van der Waals surface area contributed by atoms with Crippen molar-refractivity contribution in [3.8, 4) is 23.0 Å². The molecule has 0 fully saturated rings. The Labute approximate surface area is 131 Å². The normalized spacial score (nSPS) is 16.3. The van der Waals surface area contributed by atoms with E-state index in [4.69, 9.17) is 9.47 Å². The van der Waals surface area contributed by atoms with Crippen LogP contribution >= 0.6 is 0 Å². The highest BCUT2D eigenvalue weighted by atomic mass is 16.6. The number of rotatable bonds is 3. The van der Waals surface area contributed by atoms with Gasteiger partial charge in [0.05, 0.1) is 6.21 Å². The molecule has 0 saturated heterocycles. The number of hydrazone groups is 1. The summed E-state index contributed by atoms with van der Waals surface area (Å²) < 4.78 is 11.0. The lowest BCUT2D eigenvalue weighted by Gasteiger charge is -2.24. The van der Waals surface area contributed by atoms with Gasteiger partial charge in [-0.1, -0.05) is 12.1 Å². The van der Waals surface area contributed by atoms with E-state index in [0.29, 0.717) is 11.5 Å². The van der Waals surface area contributed by atoms with Crippen molar-refractivity contribution in [2.24, 2.45) is 5.10 Å². The molecule has 0 radical (unpaired) electrons. The number of benzene rings is 2. The Morgan fingerprint density at radius 2 is 2.00 bits per heavy atom. The van der Waals surface area contributed by atoms with Crippen molar-refractivity contribution in [2.45, 2.75) is 6.10 Å². The summed E-state index contributed by atoms with van der Waals surface area (Å²) in [6, 6.07) is 11.1. The molecule has 0 spiro atoms. The van der Waals surface area contributed by atoms with Crippen LogP contribution < -0.4 is 14.9 Å². The topological polar surface area (TPSA) is 100 Å². The molecule has 0 unspecified atom stereocenters. The second-order valence-corrected chi connectivity index (χ2v) is 4.84. The number of ether oxygens (including phenoxy) is 2. The van der Waals surface area contributed by atoms with Gasteiger partial charge < -0.3 is 19.7 Å². The molecule has 1 heterocycles. The molecule has 118 valence electrons. The minimum Gasteiger partial charge on any atom is -0.508 e. The number of amides is 1. The fourth-order valence-corrected chi connectivity index (χ4v) is 2.03. The largest absolute Gasteiger partial charge is 0.508 e. The van der Waals surface area contributed by atoms with Crippen LogP contribution in [0.4, 0.5) is 0 Å². The van der Waals surface area contributed by atoms with E-state index in [1.165, 1.54) is 24.4 Å². The molecule has 0 aliphatic carbocycles. The summed E-state index contributed by atoms with van der Waals surface area (Å²) >= 11 is 0. The third-order valence-corrected chi connectivity index (χ3v) is 3.19. The molecule has 7 nitrogen and oxygen atoms in total. The molecule has 2 aromatic rings. The van der Waals surface area contributed by atoms with Crippen LogP contribution in [0.3, 0.4) is 0 Å². The monoisotopic (exact) mass is 314 g/mol. The van der Waals surface area contributed by atoms with Crippen LogP contribution in [-0.4, -0.2) is 35.0 Å². The van der Waals surface area contributed by atoms with E-state index in [1.807, 2.05) is 6.07 Å². The van der Waals surface area contributed by atoms with Gasteiger partial charge in [0.25, 0.3) is 5.91 Å². The zero-order chi connectivity index (χ0) is 16.2. The van der Waals surface area contributed by atoms with Gasteiger partial charge in [0.2, 0.25) is 6.10 Å². The van der Waals surface area contributed by atoms with Crippen LogP contribution in [0, 0.1) is 0 Å². The number of hydrogen-bond acceptors (Lipinski definition) is 6. The standard InChI is InChI=1S/C16H14N2O5/c19-11-5-6-12(20)10(7-11)8-17-18-16(21)15-9-22-13-3-1-2-4-14(13)23-15/h1-8,15,19-20H,9H2,(H,18,21)/t15-/m1/s1. The maximum absolute atomic E-state index is 12.0. The van der Waals surface area contributed by atoms with Gasteiger partial charge >= 0.3 is 0 Å². The molecule has 3 rings (SSSR count). The summed E-state index contributed by atoms with van der Waals surface area (Å²) in [6.45, 7) is 0.0791. The first kappa shape index (κ1) is 14.7. The van der Waals surface area contributed by atoms with Crippen LogP contribution in [0.15, 0.2) is 47.6 Å². The van der Waals surface area contributed by atoms with Gasteiger partial charge in [-0.2, -0.15) is 5.10 Å². The molecular formula is C16H14N2O5. The molecule has 2 aromatic carbocycles. The highest BCUT2D eigenvalue weighted by Gasteiger charge is 2.26. The number of para-hydroxylation sites is 2. The Morgan fingerprint density at radius 3 is 2.83 bits per heavy atom. The third-order valence-electron chi connectivity index (χ3n) is 3.19. The van der Waals surface area contributed by atoms with E-state index < -0.39 is 12.0 Å². The van der Waals surface area contributed by atoms with Crippen molar-refractivity contribution in [1.29, 1.82) is 0 Å². The zero-order valence-electron chi connectivity index (χ0n) is 12.0. The average Bonchev–Trinajstić information content (AvgIpc) is 2.57. The Kier molecular flexibility index (Phi) is 4.01. The van der Waals surface area contributed by atoms with Gasteiger partial charge in [-0.05, 0) is 30.3 Å². The van der Waals surface area contributed by atoms with E-state index in [1.54, 1.807) is 18.2 Å². The number of carbonyl (C=O) groups excluding carboxylic acids is 1. The summed E-state index contributed by atoms with van der Waals surface area (Å²) in [4.78, 5) is 12.0. The molecule has 0 aromatic heterocycles. The first-order valence-corrected chi connectivity index (χ1v) is 6.87. The molecule has 23 heavy (non-hydrogen) atoms. The van der Waals surface area contributed by atoms with E-state index >= 15 is 0 Å². The van der Waals surface area contributed by atoms with Gasteiger partial charge in [-0.3, -0.25) is 4.79 Å². The number of phenols is 2. The van der Waals surface area contributed by atoms with Gasteiger partial charge in [-0.15, -0.1) is 0 Å². The lowest BCUT2D eigenvalue weighted by molar-refractivity contribution is -0.130. The van der Waals surface area contributed by atoms with Crippen LogP contribution in [-0.2, 0) is 4.79 Å². The summed E-state index contributed by atoms with van der Waals surface area (Å²) in [5.74, 6) is 0.525. The molecule has 0 saturated carbocycles. The number of hydrogen-bond donors (Lipinski definition) is 3. The van der Waals surface area contributed by atoms with Crippen molar-refractivity contribution in [3.63, 3.8) is 0 Å². The smallest absolute Gasteiger partial charge is 0.284 e. The average molecular weight is 314 g/mol. The Hall–Kier alpha value is -3.22. The van der Waals surface area contributed by atoms with Gasteiger partial charge in [0.15, 0.2) is 11.5 Å². The third kappa shape index (κ3) is 3.34. The van der Waals surface area contributed by atoms with E-state index in [2.05, 4.69) is 10.5 Å². The lowest BCUT2D eigenvalue weighted by Crippen LogP contribution is -2.42. The van der Waals surface area contributed by atoms with Crippen LogP contribution in [0.2, 0.25) is 0 Å². The minimum atomic E-state index is -0.820. The van der Waals surface area contributed by atoms with Crippen LogP contribution in [0.1, 0.15) is 5.56 Å². The Bertz CT molecular complexity index is 760. The van der Waals surface area contributed by atoms with Gasteiger partial charge in [0, 0.05) is 5.56 Å². The van der Waals surface area contributed by atoms with E-state index in [0.717, 1.165) is 0 Å². The predicted molar refractivity (Wildman–Crippen MR) is 81.9 cm³/mol. The number of fused-ring (bicyclic) bond motifs is 1. The van der Waals surface area contributed by atoms with Crippen molar-refractivity contribution < 1.29 is 24.5 Å². The van der Waals surface area contributed by atoms with Gasteiger partial charge in [-0.25, -0.2) is 5.43 Å². The van der Waals surface area contributed by atoms with Crippen molar-refractivity contribution in [1.82, 2.24) is 5.43 Å². The maximum Gasteiger partial charge on any atom is 0.284 e. The van der Waals surface area contributed by atoms with E-state index in [-0.39, 0.29) is 23.7 Å². The number of phenolic OH excluding ortho intramolecular Hbond substituents is 2. The summed E-state index contributed by atoms with van der Waals surface area (Å²) in [5, 5.41) is 22.7. The molecule has 7 heteroatoms. The van der Waals surface area contributed by atoms with E-state index in [9.17, 15) is 15.0 Å². The Morgan fingerprint density at radius 1 is 1.22 bits per heavy atom. The molecule has 1 aliphatic rings. The minimum absolute atomic E-state index is 0.0174. The summed E-state index contributed by atoms with van der Waals surface area (Å²) in [7, 11) is 0. The quantitative estimate of drug-likeness (QED) is 0.451. The fourth-order valence-electron chi connectivity index (χ4n) is 2.03. The highest BCUT2D eigenvalue weighted by Crippen LogP contribution is 2.30. The van der Waals surface area contributed by atoms with Crippen molar-refractivity contribution in [3.05, 3.63) is 48.0 Å². The lowest BCUT2D eigenvalue weighted by atomic mass is 10.2. The summed E-state index contributed by atoms with van der Waals surface area (Å²) in [6.07, 6.45) is 0.407. The van der Waals surface area contributed by atoms with Crippen molar-refractivity contribution in [2.75, 3.05) is 6.61 Å².